The summed E-state index contributed by atoms with van der Waals surface area (Å²) in [6, 6.07) is 8.23. The van der Waals surface area contributed by atoms with Crippen molar-refractivity contribution in [2.45, 2.75) is 38.8 Å². The zero-order chi connectivity index (χ0) is 14.4. The van der Waals surface area contributed by atoms with Gasteiger partial charge in [-0.15, -0.1) is 0 Å². The molecule has 1 aliphatic rings. The number of rotatable bonds is 6. The fourth-order valence-corrected chi connectivity index (χ4v) is 2.79. The maximum absolute atomic E-state index is 5.88. The van der Waals surface area contributed by atoms with E-state index in [1.165, 1.54) is 18.4 Å². The smallest absolute Gasteiger partial charge is 0.103 e. The van der Waals surface area contributed by atoms with Crippen LogP contribution in [0.4, 0.5) is 0 Å². The minimum absolute atomic E-state index is 0.391. The van der Waals surface area contributed by atoms with Gasteiger partial charge in [-0.3, -0.25) is 4.90 Å². The van der Waals surface area contributed by atoms with Gasteiger partial charge in [0.05, 0.1) is 6.10 Å². The molecule has 20 heavy (non-hydrogen) atoms. The fraction of sp³-hybridized carbons (Fsp3) is 0.562. The van der Waals surface area contributed by atoms with E-state index in [0.29, 0.717) is 11.1 Å². The first-order chi connectivity index (χ1) is 9.69. The van der Waals surface area contributed by atoms with Gasteiger partial charge in [-0.1, -0.05) is 37.3 Å². The molecule has 0 bridgehead atoms. The van der Waals surface area contributed by atoms with Gasteiger partial charge in [-0.05, 0) is 37.4 Å². The molecule has 4 heteroatoms. The number of likely N-dealkylation sites (tertiary alicyclic amines) is 1. The van der Waals surface area contributed by atoms with Crippen molar-refractivity contribution in [3.63, 3.8) is 0 Å². The number of benzene rings is 1. The summed E-state index contributed by atoms with van der Waals surface area (Å²) in [5.41, 5.74) is 7.91. The minimum Gasteiger partial charge on any atom is -0.389 e. The molecule has 2 rings (SSSR count). The third kappa shape index (κ3) is 4.54. The lowest BCUT2D eigenvalue weighted by molar-refractivity contribution is -0.00222. The van der Waals surface area contributed by atoms with Gasteiger partial charge >= 0.3 is 0 Å². The molecule has 1 heterocycles. The van der Waals surface area contributed by atoms with E-state index in [1.54, 1.807) is 0 Å². The molecular formula is C16H24N2OS. The first-order valence-electron chi connectivity index (χ1n) is 7.41. The standard InChI is InChI=1S/C16H24N2OS/c1-2-9-19-15-7-4-8-18(12-15)11-13-5-3-6-14(10-13)16(17)20/h3,5-6,10,15H,2,4,7-9,11-12H2,1H3,(H2,17,20). The van der Waals surface area contributed by atoms with Crippen molar-refractivity contribution in [1.29, 1.82) is 0 Å². The van der Waals surface area contributed by atoms with Crippen molar-refractivity contribution < 1.29 is 4.74 Å². The van der Waals surface area contributed by atoms with E-state index < -0.39 is 0 Å². The molecule has 1 fully saturated rings. The van der Waals surface area contributed by atoms with Crippen molar-refractivity contribution in [3.05, 3.63) is 35.4 Å². The maximum Gasteiger partial charge on any atom is 0.103 e. The molecule has 1 saturated heterocycles. The number of hydrogen-bond donors (Lipinski definition) is 1. The second-order valence-electron chi connectivity index (χ2n) is 5.43. The summed E-state index contributed by atoms with van der Waals surface area (Å²) in [7, 11) is 0. The highest BCUT2D eigenvalue weighted by molar-refractivity contribution is 7.80. The topological polar surface area (TPSA) is 38.5 Å². The summed E-state index contributed by atoms with van der Waals surface area (Å²) in [4.78, 5) is 2.93. The van der Waals surface area contributed by atoms with E-state index in [9.17, 15) is 0 Å². The molecule has 0 amide bonds. The summed E-state index contributed by atoms with van der Waals surface area (Å²) < 4.78 is 5.88. The maximum atomic E-state index is 5.88. The first-order valence-corrected chi connectivity index (χ1v) is 7.82. The van der Waals surface area contributed by atoms with Gasteiger partial charge in [0.2, 0.25) is 0 Å². The quantitative estimate of drug-likeness (QED) is 0.818. The van der Waals surface area contributed by atoms with Gasteiger partial charge in [-0.2, -0.15) is 0 Å². The Morgan fingerprint density at radius 3 is 3.10 bits per heavy atom. The second kappa shape index (κ2) is 7.72. The van der Waals surface area contributed by atoms with E-state index in [0.717, 1.165) is 38.2 Å². The predicted octanol–water partition coefficient (Wildman–Crippen LogP) is 2.71. The first kappa shape index (κ1) is 15.4. The molecule has 3 nitrogen and oxygen atoms in total. The summed E-state index contributed by atoms with van der Waals surface area (Å²) in [5, 5.41) is 0. The predicted molar refractivity (Wildman–Crippen MR) is 86.9 cm³/mol. The number of nitrogens with zero attached hydrogens (tertiary/aromatic N) is 1. The molecule has 1 aliphatic heterocycles. The molecule has 0 aliphatic carbocycles. The van der Waals surface area contributed by atoms with Crippen LogP contribution in [0.5, 0.6) is 0 Å². The number of piperidine rings is 1. The van der Waals surface area contributed by atoms with Crippen molar-refractivity contribution in [3.8, 4) is 0 Å². The van der Waals surface area contributed by atoms with Gasteiger partial charge < -0.3 is 10.5 Å². The van der Waals surface area contributed by atoms with Crippen LogP contribution >= 0.6 is 12.2 Å². The van der Waals surface area contributed by atoms with Gasteiger partial charge in [0.15, 0.2) is 0 Å². The lowest BCUT2D eigenvalue weighted by Gasteiger charge is -2.32. The van der Waals surface area contributed by atoms with Gasteiger partial charge in [-0.25, -0.2) is 0 Å². The van der Waals surface area contributed by atoms with E-state index in [1.807, 2.05) is 12.1 Å². The Balaban J connectivity index is 1.92. The SMILES string of the molecule is CCCOC1CCCN(Cc2cccc(C(N)=S)c2)C1. The number of thiocarbonyl (C=S) groups is 1. The van der Waals surface area contributed by atoms with Gasteiger partial charge in [0.1, 0.15) is 4.99 Å². The third-order valence-corrected chi connectivity index (χ3v) is 3.87. The van der Waals surface area contributed by atoms with Crippen LogP contribution in [0.1, 0.15) is 37.3 Å². The molecule has 1 aromatic carbocycles. The molecule has 0 saturated carbocycles. The molecule has 0 radical (unpaired) electrons. The zero-order valence-corrected chi connectivity index (χ0v) is 13.0. The Bertz CT molecular complexity index is 450. The largest absolute Gasteiger partial charge is 0.389 e. The van der Waals surface area contributed by atoms with Gasteiger partial charge in [0, 0.05) is 25.3 Å². The summed E-state index contributed by atoms with van der Waals surface area (Å²) in [6.07, 6.45) is 3.88. The summed E-state index contributed by atoms with van der Waals surface area (Å²) >= 11 is 5.04. The Morgan fingerprint density at radius 1 is 1.50 bits per heavy atom. The van der Waals surface area contributed by atoms with Crippen molar-refractivity contribution >= 4 is 17.2 Å². The lowest BCUT2D eigenvalue weighted by atomic mass is 10.1. The molecule has 2 N–H and O–H groups in total. The van der Waals surface area contributed by atoms with Crippen molar-refractivity contribution in [1.82, 2.24) is 4.90 Å². The number of nitrogens with two attached hydrogens (primary N) is 1. The Labute approximate surface area is 127 Å². The van der Waals surface area contributed by atoms with E-state index >= 15 is 0 Å². The second-order valence-corrected chi connectivity index (χ2v) is 5.87. The third-order valence-electron chi connectivity index (χ3n) is 3.64. The molecule has 110 valence electrons. The Hall–Kier alpha value is -0.970. The monoisotopic (exact) mass is 292 g/mol. The molecule has 1 atom stereocenters. The van der Waals surface area contributed by atoms with E-state index in [2.05, 4.69) is 24.0 Å². The van der Waals surface area contributed by atoms with Crippen LogP contribution in [-0.2, 0) is 11.3 Å². The van der Waals surface area contributed by atoms with Crippen LogP contribution in [0.25, 0.3) is 0 Å². The van der Waals surface area contributed by atoms with Crippen LogP contribution < -0.4 is 5.73 Å². The summed E-state index contributed by atoms with van der Waals surface area (Å²) in [5.74, 6) is 0. The van der Waals surface area contributed by atoms with Gasteiger partial charge in [0.25, 0.3) is 0 Å². The van der Waals surface area contributed by atoms with Crippen LogP contribution in [-0.4, -0.2) is 35.7 Å². The molecular weight excluding hydrogens is 268 g/mol. The normalized spacial score (nSPS) is 19.9. The molecule has 0 aromatic heterocycles. The number of ether oxygens (including phenoxy) is 1. The van der Waals surface area contributed by atoms with E-state index in [4.69, 9.17) is 22.7 Å². The molecule has 0 spiro atoms. The van der Waals surface area contributed by atoms with Crippen molar-refractivity contribution in [2.75, 3.05) is 19.7 Å². The highest BCUT2D eigenvalue weighted by Crippen LogP contribution is 2.17. The highest BCUT2D eigenvalue weighted by Gasteiger charge is 2.20. The van der Waals surface area contributed by atoms with Crippen molar-refractivity contribution in [2.24, 2.45) is 5.73 Å². The van der Waals surface area contributed by atoms with E-state index in [-0.39, 0.29) is 0 Å². The highest BCUT2D eigenvalue weighted by atomic mass is 32.1. The number of hydrogen-bond acceptors (Lipinski definition) is 3. The summed E-state index contributed by atoms with van der Waals surface area (Å²) in [6.45, 7) is 6.14. The Kier molecular flexibility index (Phi) is 5.95. The zero-order valence-electron chi connectivity index (χ0n) is 12.2. The van der Waals surface area contributed by atoms with Crippen LogP contribution in [0, 0.1) is 0 Å². The van der Waals surface area contributed by atoms with Crippen LogP contribution in [0.15, 0.2) is 24.3 Å². The van der Waals surface area contributed by atoms with Crippen LogP contribution in [0.2, 0.25) is 0 Å². The molecule has 1 unspecified atom stereocenters. The van der Waals surface area contributed by atoms with Crippen LogP contribution in [0.3, 0.4) is 0 Å². The average Bonchev–Trinajstić information content (AvgIpc) is 2.46. The minimum atomic E-state index is 0.391. The molecule has 1 aromatic rings. The fourth-order valence-electron chi connectivity index (χ4n) is 2.66. The Morgan fingerprint density at radius 2 is 2.35 bits per heavy atom. The lowest BCUT2D eigenvalue weighted by Crippen LogP contribution is -2.39. The average molecular weight is 292 g/mol.